The number of hydrogen-bond donors (Lipinski definition) is 2. The van der Waals surface area contributed by atoms with Gasteiger partial charge in [-0.05, 0) is 24.6 Å². The number of phenolic OH excluding ortho intramolecular Hbond substituents is 2. The van der Waals surface area contributed by atoms with Crippen molar-refractivity contribution in [2.45, 2.75) is 6.92 Å². The first-order valence-electron chi connectivity index (χ1n) is 6.22. The van der Waals surface area contributed by atoms with E-state index < -0.39 is 11.2 Å². The van der Waals surface area contributed by atoms with Crippen molar-refractivity contribution in [2.75, 3.05) is 0 Å². The maximum Gasteiger partial charge on any atom is 0.204 e. The number of phenols is 2. The van der Waals surface area contributed by atoms with Crippen LogP contribution < -0.4 is 5.43 Å². The zero-order valence-corrected chi connectivity index (χ0v) is 11.1. The summed E-state index contributed by atoms with van der Waals surface area (Å²) in [5.74, 6) is -0.641. The van der Waals surface area contributed by atoms with Crippen LogP contribution in [0.25, 0.3) is 22.1 Å². The monoisotopic (exact) mass is 286 g/mol. The lowest BCUT2D eigenvalue weighted by atomic mass is 10.0. The van der Waals surface area contributed by atoms with Gasteiger partial charge < -0.3 is 14.6 Å². The fourth-order valence-corrected chi connectivity index (χ4v) is 2.35. The molecule has 5 heteroatoms. The second-order valence-corrected chi connectivity index (χ2v) is 4.71. The molecule has 0 aliphatic heterocycles. The van der Waals surface area contributed by atoms with Gasteiger partial charge in [-0.2, -0.15) is 0 Å². The maximum atomic E-state index is 13.0. The molecule has 0 aliphatic rings. The molecule has 3 aromatic rings. The molecule has 21 heavy (non-hydrogen) atoms. The first kappa shape index (κ1) is 13.2. The molecular formula is C16H11FO4. The quantitative estimate of drug-likeness (QED) is 0.720. The molecule has 0 saturated heterocycles. The molecule has 0 radical (unpaired) electrons. The molecule has 1 aromatic heterocycles. The summed E-state index contributed by atoms with van der Waals surface area (Å²) >= 11 is 0. The van der Waals surface area contributed by atoms with Gasteiger partial charge in [0.25, 0.3) is 0 Å². The van der Waals surface area contributed by atoms with Crippen molar-refractivity contribution in [1.29, 1.82) is 0 Å². The lowest BCUT2D eigenvalue weighted by Crippen LogP contribution is -2.07. The second kappa shape index (κ2) is 4.63. The van der Waals surface area contributed by atoms with Crippen LogP contribution in [-0.2, 0) is 0 Å². The largest absolute Gasteiger partial charge is 0.508 e. The highest BCUT2D eigenvalue weighted by Crippen LogP contribution is 2.31. The van der Waals surface area contributed by atoms with Gasteiger partial charge in [0, 0.05) is 12.1 Å². The third kappa shape index (κ3) is 2.12. The highest BCUT2D eigenvalue weighted by atomic mass is 19.1. The Labute approximate surface area is 118 Å². The molecule has 4 nitrogen and oxygen atoms in total. The number of rotatable bonds is 1. The summed E-state index contributed by atoms with van der Waals surface area (Å²) in [6.45, 7) is 1.60. The summed E-state index contributed by atoms with van der Waals surface area (Å²) in [7, 11) is 0. The molecule has 0 spiro atoms. The fraction of sp³-hybridized carbons (Fsp3) is 0.0625. The minimum Gasteiger partial charge on any atom is -0.508 e. The molecule has 1 heterocycles. The van der Waals surface area contributed by atoms with E-state index in [-0.39, 0.29) is 28.0 Å². The van der Waals surface area contributed by atoms with Gasteiger partial charge in [0.2, 0.25) is 5.43 Å². The number of aryl methyl sites for hydroxylation is 1. The maximum absolute atomic E-state index is 13.0. The van der Waals surface area contributed by atoms with Crippen molar-refractivity contribution < 1.29 is 19.0 Å². The third-order valence-electron chi connectivity index (χ3n) is 3.27. The summed E-state index contributed by atoms with van der Waals surface area (Å²) in [5, 5.41) is 19.3. The Bertz CT molecular complexity index is 895. The van der Waals surface area contributed by atoms with Crippen molar-refractivity contribution in [3.8, 4) is 22.6 Å². The Hall–Kier alpha value is -2.82. The fourth-order valence-electron chi connectivity index (χ4n) is 2.35. The van der Waals surface area contributed by atoms with Crippen LogP contribution in [0.1, 0.15) is 5.76 Å². The molecule has 0 unspecified atom stereocenters. The SMILES string of the molecule is Cc1oc2cc(O)cc(O)c2c(=O)c1-c1ccc(F)cc1. The van der Waals surface area contributed by atoms with Gasteiger partial charge in [-0.25, -0.2) is 4.39 Å². The molecule has 0 fully saturated rings. The molecule has 0 bridgehead atoms. The third-order valence-corrected chi connectivity index (χ3v) is 3.27. The summed E-state index contributed by atoms with van der Waals surface area (Å²) in [6.07, 6.45) is 0. The van der Waals surface area contributed by atoms with Gasteiger partial charge >= 0.3 is 0 Å². The van der Waals surface area contributed by atoms with Crippen LogP contribution in [-0.4, -0.2) is 10.2 Å². The first-order valence-corrected chi connectivity index (χ1v) is 6.22. The van der Waals surface area contributed by atoms with Crippen LogP contribution in [0.15, 0.2) is 45.6 Å². The van der Waals surface area contributed by atoms with Gasteiger partial charge in [0.05, 0.1) is 5.56 Å². The minimum absolute atomic E-state index is 0.0160. The highest BCUT2D eigenvalue weighted by molar-refractivity contribution is 5.88. The van der Waals surface area contributed by atoms with E-state index in [0.717, 1.165) is 6.07 Å². The molecule has 3 rings (SSSR count). The summed E-state index contributed by atoms with van der Waals surface area (Å²) in [6, 6.07) is 7.76. The van der Waals surface area contributed by atoms with E-state index in [9.17, 15) is 19.4 Å². The molecule has 2 N–H and O–H groups in total. The Morgan fingerprint density at radius 1 is 1.10 bits per heavy atom. The lowest BCUT2D eigenvalue weighted by Gasteiger charge is -2.08. The normalized spacial score (nSPS) is 11.0. The van der Waals surface area contributed by atoms with E-state index in [4.69, 9.17) is 4.42 Å². The molecular weight excluding hydrogens is 275 g/mol. The summed E-state index contributed by atoms with van der Waals surface area (Å²) < 4.78 is 18.5. The van der Waals surface area contributed by atoms with Crippen molar-refractivity contribution in [3.05, 3.63) is 58.2 Å². The predicted octanol–water partition coefficient (Wildman–Crippen LogP) is 3.32. The summed E-state index contributed by atoms with van der Waals surface area (Å²) in [5.41, 5.74) is 0.416. The van der Waals surface area contributed by atoms with Crippen LogP contribution in [0.4, 0.5) is 4.39 Å². The van der Waals surface area contributed by atoms with Crippen molar-refractivity contribution >= 4 is 11.0 Å². The number of benzene rings is 2. The number of hydrogen-bond acceptors (Lipinski definition) is 4. The summed E-state index contributed by atoms with van der Waals surface area (Å²) in [4.78, 5) is 12.6. The van der Waals surface area contributed by atoms with Crippen LogP contribution in [0.3, 0.4) is 0 Å². The van der Waals surface area contributed by atoms with Crippen LogP contribution in [0.5, 0.6) is 11.5 Å². The zero-order chi connectivity index (χ0) is 15.1. The Morgan fingerprint density at radius 3 is 2.43 bits per heavy atom. The van der Waals surface area contributed by atoms with Gasteiger partial charge in [0.1, 0.15) is 34.0 Å². The lowest BCUT2D eigenvalue weighted by molar-refractivity contribution is 0.451. The molecule has 106 valence electrons. The van der Waals surface area contributed by atoms with E-state index in [2.05, 4.69) is 0 Å². The predicted molar refractivity (Wildman–Crippen MR) is 75.9 cm³/mol. The molecule has 2 aromatic carbocycles. The Kier molecular flexibility index (Phi) is 2.90. The average molecular weight is 286 g/mol. The van der Waals surface area contributed by atoms with E-state index in [1.807, 2.05) is 0 Å². The number of fused-ring (bicyclic) bond motifs is 1. The standard InChI is InChI=1S/C16H11FO4/c1-8-14(9-2-4-10(17)5-3-9)16(20)15-12(19)6-11(18)7-13(15)21-8/h2-7,18-19H,1H3. The van der Waals surface area contributed by atoms with Gasteiger partial charge in [-0.3, -0.25) is 4.79 Å². The number of aromatic hydroxyl groups is 2. The van der Waals surface area contributed by atoms with Crippen LogP contribution in [0.2, 0.25) is 0 Å². The van der Waals surface area contributed by atoms with Gasteiger partial charge in [-0.15, -0.1) is 0 Å². The van der Waals surface area contributed by atoms with E-state index in [0.29, 0.717) is 11.3 Å². The zero-order valence-electron chi connectivity index (χ0n) is 11.1. The van der Waals surface area contributed by atoms with Crippen LogP contribution >= 0.6 is 0 Å². The smallest absolute Gasteiger partial charge is 0.204 e. The first-order chi connectivity index (χ1) is 9.97. The minimum atomic E-state index is -0.433. The Morgan fingerprint density at radius 2 is 1.76 bits per heavy atom. The molecule has 0 saturated carbocycles. The second-order valence-electron chi connectivity index (χ2n) is 4.71. The average Bonchev–Trinajstić information content (AvgIpc) is 2.39. The molecule has 0 amide bonds. The van der Waals surface area contributed by atoms with Gasteiger partial charge in [-0.1, -0.05) is 12.1 Å². The van der Waals surface area contributed by atoms with Crippen molar-refractivity contribution in [3.63, 3.8) is 0 Å². The highest BCUT2D eigenvalue weighted by Gasteiger charge is 2.17. The van der Waals surface area contributed by atoms with Gasteiger partial charge in [0.15, 0.2) is 0 Å². The topological polar surface area (TPSA) is 70.7 Å². The van der Waals surface area contributed by atoms with Crippen LogP contribution in [0, 0.1) is 12.7 Å². The van der Waals surface area contributed by atoms with Crippen molar-refractivity contribution in [1.82, 2.24) is 0 Å². The van der Waals surface area contributed by atoms with E-state index in [1.165, 1.54) is 30.3 Å². The van der Waals surface area contributed by atoms with E-state index in [1.54, 1.807) is 6.92 Å². The number of halogens is 1. The van der Waals surface area contributed by atoms with E-state index >= 15 is 0 Å². The molecule has 0 atom stereocenters. The Balaban J connectivity index is 2.39. The molecule has 0 aliphatic carbocycles. The van der Waals surface area contributed by atoms with Crippen molar-refractivity contribution in [2.24, 2.45) is 0 Å².